The maximum absolute atomic E-state index is 13.0. The summed E-state index contributed by atoms with van der Waals surface area (Å²) in [7, 11) is 3.83. The molecule has 1 atom stereocenters. The van der Waals surface area contributed by atoms with Crippen LogP contribution in [0.4, 0.5) is 0 Å². The number of aliphatic hydroxyl groups excluding tert-OH is 1. The first-order chi connectivity index (χ1) is 14.8. The first kappa shape index (κ1) is 22.6. The van der Waals surface area contributed by atoms with Crippen molar-refractivity contribution in [2.24, 2.45) is 0 Å². The SMILES string of the molecule is CCCOc1cccc([C@H]2/C(=C(\O)c3ccc(C)cc3)C(=O)C(=O)N2CCN(C)C)c1. The summed E-state index contributed by atoms with van der Waals surface area (Å²) in [5.74, 6) is -0.745. The lowest BCUT2D eigenvalue weighted by Crippen LogP contribution is -2.35. The molecule has 6 nitrogen and oxygen atoms in total. The number of ether oxygens (including phenoxy) is 1. The van der Waals surface area contributed by atoms with Crippen LogP contribution in [0, 0.1) is 6.92 Å². The Morgan fingerprint density at radius 2 is 1.84 bits per heavy atom. The number of Topliss-reactive ketones (excluding diaryl/α,β-unsaturated/α-hetero) is 1. The van der Waals surface area contributed by atoms with E-state index in [1.165, 1.54) is 0 Å². The van der Waals surface area contributed by atoms with E-state index in [0.29, 0.717) is 31.0 Å². The van der Waals surface area contributed by atoms with Gasteiger partial charge in [0.05, 0.1) is 18.2 Å². The normalized spacial score (nSPS) is 18.1. The third-order valence-corrected chi connectivity index (χ3v) is 5.30. The van der Waals surface area contributed by atoms with Crippen molar-refractivity contribution < 1.29 is 19.4 Å². The molecule has 0 spiro atoms. The van der Waals surface area contributed by atoms with E-state index in [1.54, 1.807) is 17.0 Å². The average Bonchev–Trinajstić information content (AvgIpc) is 3.01. The van der Waals surface area contributed by atoms with E-state index in [-0.39, 0.29) is 11.3 Å². The standard InChI is InChI=1S/C25H30N2O4/c1-5-15-31-20-8-6-7-19(16-20)22-21(23(28)18-11-9-17(2)10-12-18)24(29)25(30)27(22)14-13-26(3)4/h6-12,16,22,28H,5,13-15H2,1-4H3/b23-21+/t22-/m0/s1. The number of nitrogens with zero attached hydrogens (tertiary/aromatic N) is 2. The zero-order valence-electron chi connectivity index (χ0n) is 18.6. The third kappa shape index (κ3) is 4.97. The highest BCUT2D eigenvalue weighted by Gasteiger charge is 2.46. The molecule has 1 saturated heterocycles. The minimum atomic E-state index is -0.675. The van der Waals surface area contributed by atoms with Gasteiger partial charge in [-0.05, 0) is 45.1 Å². The van der Waals surface area contributed by atoms with Crippen molar-refractivity contribution in [1.29, 1.82) is 0 Å². The lowest BCUT2D eigenvalue weighted by atomic mass is 9.95. The van der Waals surface area contributed by atoms with Gasteiger partial charge >= 0.3 is 0 Å². The summed E-state index contributed by atoms with van der Waals surface area (Å²) in [4.78, 5) is 29.5. The van der Waals surface area contributed by atoms with E-state index < -0.39 is 17.7 Å². The summed E-state index contributed by atoms with van der Waals surface area (Å²) in [6.07, 6.45) is 0.874. The largest absolute Gasteiger partial charge is 0.507 e. The van der Waals surface area contributed by atoms with Crippen molar-refractivity contribution in [3.63, 3.8) is 0 Å². The molecule has 0 aromatic heterocycles. The Labute approximate surface area is 183 Å². The highest BCUT2D eigenvalue weighted by molar-refractivity contribution is 6.46. The van der Waals surface area contributed by atoms with Gasteiger partial charge in [-0.1, -0.05) is 48.9 Å². The molecule has 0 unspecified atom stereocenters. The van der Waals surface area contributed by atoms with Crippen LogP contribution < -0.4 is 4.74 Å². The monoisotopic (exact) mass is 422 g/mol. The van der Waals surface area contributed by atoms with Crippen LogP contribution in [0.5, 0.6) is 5.75 Å². The topological polar surface area (TPSA) is 70.1 Å². The Morgan fingerprint density at radius 1 is 1.13 bits per heavy atom. The molecule has 0 radical (unpaired) electrons. The summed E-state index contributed by atoms with van der Waals surface area (Å²) >= 11 is 0. The molecule has 1 fully saturated rings. The summed E-state index contributed by atoms with van der Waals surface area (Å²) < 4.78 is 5.76. The fourth-order valence-electron chi connectivity index (χ4n) is 3.63. The molecule has 1 heterocycles. The quantitative estimate of drug-likeness (QED) is 0.398. The fourth-order valence-corrected chi connectivity index (χ4v) is 3.63. The molecule has 31 heavy (non-hydrogen) atoms. The molecule has 3 rings (SSSR count). The van der Waals surface area contributed by atoms with Gasteiger partial charge in [0, 0.05) is 18.7 Å². The van der Waals surface area contributed by atoms with Gasteiger partial charge in [-0.15, -0.1) is 0 Å². The number of hydrogen-bond donors (Lipinski definition) is 1. The van der Waals surface area contributed by atoms with E-state index in [2.05, 4.69) is 0 Å². The van der Waals surface area contributed by atoms with Crippen LogP contribution in [0.25, 0.3) is 5.76 Å². The van der Waals surface area contributed by atoms with Crippen LogP contribution >= 0.6 is 0 Å². The van der Waals surface area contributed by atoms with Crippen molar-refractivity contribution in [2.75, 3.05) is 33.8 Å². The second-order valence-corrected chi connectivity index (χ2v) is 8.08. The van der Waals surface area contributed by atoms with Crippen LogP contribution in [0.3, 0.4) is 0 Å². The van der Waals surface area contributed by atoms with E-state index >= 15 is 0 Å². The first-order valence-corrected chi connectivity index (χ1v) is 10.6. The molecule has 0 saturated carbocycles. The van der Waals surface area contributed by atoms with Crippen molar-refractivity contribution in [1.82, 2.24) is 9.80 Å². The molecule has 2 aromatic rings. The van der Waals surface area contributed by atoms with Crippen LogP contribution in [-0.2, 0) is 9.59 Å². The maximum Gasteiger partial charge on any atom is 0.295 e. The number of rotatable bonds is 8. The van der Waals surface area contributed by atoms with Crippen LogP contribution in [-0.4, -0.2) is 60.4 Å². The highest BCUT2D eigenvalue weighted by Crippen LogP contribution is 2.40. The summed E-state index contributed by atoms with van der Waals surface area (Å²) in [6, 6.07) is 14.0. The molecule has 1 aliphatic rings. The van der Waals surface area contributed by atoms with Gasteiger partial charge in [-0.25, -0.2) is 0 Å². The second kappa shape index (κ2) is 9.79. The average molecular weight is 423 g/mol. The number of likely N-dealkylation sites (tertiary alicyclic amines) is 1. The Bertz CT molecular complexity index is 979. The number of aliphatic hydroxyl groups is 1. The fraction of sp³-hybridized carbons (Fsp3) is 0.360. The molecular weight excluding hydrogens is 392 g/mol. The van der Waals surface area contributed by atoms with E-state index in [1.807, 2.05) is 69.2 Å². The number of ketones is 1. The number of benzene rings is 2. The van der Waals surface area contributed by atoms with Crippen LogP contribution in [0.15, 0.2) is 54.1 Å². The van der Waals surface area contributed by atoms with Crippen LogP contribution in [0.2, 0.25) is 0 Å². The predicted molar refractivity (Wildman–Crippen MR) is 121 cm³/mol. The molecule has 164 valence electrons. The van der Waals surface area contributed by atoms with Crippen LogP contribution in [0.1, 0.15) is 36.1 Å². The van der Waals surface area contributed by atoms with Gasteiger partial charge in [-0.3, -0.25) is 9.59 Å². The molecule has 1 N–H and O–H groups in total. The Morgan fingerprint density at radius 3 is 2.48 bits per heavy atom. The van der Waals surface area contributed by atoms with Gasteiger partial charge in [0.25, 0.3) is 11.7 Å². The summed E-state index contributed by atoms with van der Waals surface area (Å²) in [5.41, 5.74) is 2.40. The van der Waals surface area contributed by atoms with Crippen molar-refractivity contribution >= 4 is 17.4 Å². The number of carbonyl (C=O) groups excluding carboxylic acids is 2. The molecule has 1 amide bonds. The highest BCUT2D eigenvalue weighted by atomic mass is 16.5. The number of likely N-dealkylation sites (N-methyl/N-ethyl adjacent to an activating group) is 1. The van der Waals surface area contributed by atoms with Crippen molar-refractivity contribution in [3.8, 4) is 5.75 Å². The van der Waals surface area contributed by atoms with Gasteiger partial charge in [0.1, 0.15) is 11.5 Å². The van der Waals surface area contributed by atoms with E-state index in [4.69, 9.17) is 4.74 Å². The number of aryl methyl sites for hydroxylation is 1. The van der Waals surface area contributed by atoms with E-state index in [0.717, 1.165) is 17.5 Å². The number of carbonyl (C=O) groups is 2. The minimum Gasteiger partial charge on any atom is -0.507 e. The third-order valence-electron chi connectivity index (χ3n) is 5.30. The number of amides is 1. The van der Waals surface area contributed by atoms with Gasteiger partial charge < -0.3 is 19.6 Å². The molecule has 2 aromatic carbocycles. The van der Waals surface area contributed by atoms with Gasteiger partial charge in [0.15, 0.2) is 0 Å². The first-order valence-electron chi connectivity index (χ1n) is 10.6. The zero-order valence-corrected chi connectivity index (χ0v) is 18.6. The Hall–Kier alpha value is -3.12. The Kier molecular flexibility index (Phi) is 7.13. The van der Waals surface area contributed by atoms with Crippen molar-refractivity contribution in [2.45, 2.75) is 26.3 Å². The predicted octanol–water partition coefficient (Wildman–Crippen LogP) is 3.77. The maximum atomic E-state index is 13.0. The molecular formula is C25H30N2O4. The lowest BCUT2D eigenvalue weighted by molar-refractivity contribution is -0.140. The summed E-state index contributed by atoms with van der Waals surface area (Å²) in [5, 5.41) is 11.1. The lowest BCUT2D eigenvalue weighted by Gasteiger charge is -2.27. The van der Waals surface area contributed by atoms with E-state index in [9.17, 15) is 14.7 Å². The van der Waals surface area contributed by atoms with Gasteiger partial charge in [0.2, 0.25) is 0 Å². The molecule has 6 heteroatoms. The molecule has 1 aliphatic heterocycles. The van der Waals surface area contributed by atoms with Gasteiger partial charge in [-0.2, -0.15) is 0 Å². The minimum absolute atomic E-state index is 0.111. The molecule has 0 bridgehead atoms. The molecule has 0 aliphatic carbocycles. The van der Waals surface area contributed by atoms with Crippen molar-refractivity contribution in [3.05, 3.63) is 70.8 Å². The summed E-state index contributed by atoms with van der Waals surface area (Å²) in [6.45, 7) is 5.52. The number of hydrogen-bond acceptors (Lipinski definition) is 5. The Balaban J connectivity index is 2.11. The second-order valence-electron chi connectivity index (χ2n) is 8.08. The zero-order chi connectivity index (χ0) is 22.5. The smallest absolute Gasteiger partial charge is 0.295 e.